The lowest BCUT2D eigenvalue weighted by molar-refractivity contribution is 0.0952. The number of carbonyl (C=O) groups is 1. The molecule has 0 bridgehead atoms. The molecule has 1 N–H and O–H groups in total. The highest BCUT2D eigenvalue weighted by Gasteiger charge is 2.06. The van der Waals surface area contributed by atoms with E-state index in [0.29, 0.717) is 24.3 Å². The minimum Gasteiger partial charge on any atom is -0.497 e. The lowest BCUT2D eigenvalue weighted by Gasteiger charge is -2.09. The molecule has 0 aliphatic carbocycles. The largest absolute Gasteiger partial charge is 0.497 e. The molecule has 0 saturated heterocycles. The van der Waals surface area contributed by atoms with Crippen LogP contribution in [0.1, 0.15) is 10.4 Å². The summed E-state index contributed by atoms with van der Waals surface area (Å²) in [6.07, 6.45) is 1.50. The first kappa shape index (κ1) is 19.1. The van der Waals surface area contributed by atoms with Gasteiger partial charge in [0.1, 0.15) is 5.75 Å². The minimum atomic E-state index is -0.167. The molecule has 138 valence electrons. The Morgan fingerprint density at radius 1 is 1.15 bits per heavy atom. The van der Waals surface area contributed by atoms with Gasteiger partial charge in [0.2, 0.25) is 0 Å². The van der Waals surface area contributed by atoms with Crippen molar-refractivity contribution >= 4 is 28.5 Å². The molecule has 0 spiro atoms. The van der Waals surface area contributed by atoms with Crippen LogP contribution in [-0.4, -0.2) is 29.1 Å². The van der Waals surface area contributed by atoms with Crippen molar-refractivity contribution in [1.82, 2.24) is 14.9 Å². The van der Waals surface area contributed by atoms with E-state index in [9.17, 15) is 9.59 Å². The second-order valence-corrected chi connectivity index (χ2v) is 7.04. The second-order valence-electron chi connectivity index (χ2n) is 5.80. The van der Waals surface area contributed by atoms with Gasteiger partial charge in [0.05, 0.1) is 19.1 Å². The van der Waals surface area contributed by atoms with E-state index in [0.717, 1.165) is 14.9 Å². The predicted molar refractivity (Wildman–Crippen MR) is 112 cm³/mol. The number of aromatic nitrogens is 2. The average molecular weight is 475 g/mol. The maximum atomic E-state index is 12.3. The third-order valence-electron chi connectivity index (χ3n) is 4.01. The number of carbonyl (C=O) groups excluding carboxylic acids is 1. The molecule has 0 aliphatic heterocycles. The van der Waals surface area contributed by atoms with E-state index in [4.69, 9.17) is 4.74 Å². The third kappa shape index (κ3) is 4.94. The summed E-state index contributed by atoms with van der Waals surface area (Å²) in [5.41, 5.74) is 1.86. The van der Waals surface area contributed by atoms with E-state index in [1.54, 1.807) is 19.2 Å². The number of rotatable bonds is 6. The number of halogens is 1. The highest BCUT2D eigenvalue weighted by Crippen LogP contribution is 2.19. The van der Waals surface area contributed by atoms with Crippen molar-refractivity contribution in [3.63, 3.8) is 0 Å². The van der Waals surface area contributed by atoms with Crippen molar-refractivity contribution < 1.29 is 9.53 Å². The van der Waals surface area contributed by atoms with Crippen LogP contribution < -0.4 is 15.6 Å². The molecular formula is C20H18IN3O3. The molecule has 0 saturated carbocycles. The van der Waals surface area contributed by atoms with Crippen LogP contribution in [0.15, 0.2) is 65.7 Å². The van der Waals surface area contributed by atoms with Gasteiger partial charge in [-0.3, -0.25) is 14.2 Å². The van der Waals surface area contributed by atoms with Crippen LogP contribution in [0, 0.1) is 3.57 Å². The zero-order valence-electron chi connectivity index (χ0n) is 14.7. The highest BCUT2D eigenvalue weighted by atomic mass is 127. The maximum absolute atomic E-state index is 12.3. The fourth-order valence-electron chi connectivity index (χ4n) is 2.51. The number of hydrogen-bond donors (Lipinski definition) is 1. The zero-order chi connectivity index (χ0) is 19.2. The molecule has 1 amide bonds. The summed E-state index contributed by atoms with van der Waals surface area (Å²) in [7, 11) is 1.60. The van der Waals surface area contributed by atoms with Crippen molar-refractivity contribution in [1.29, 1.82) is 0 Å². The van der Waals surface area contributed by atoms with Crippen molar-refractivity contribution in [3.05, 3.63) is 80.4 Å². The third-order valence-corrected chi connectivity index (χ3v) is 4.73. The Kier molecular flexibility index (Phi) is 6.23. The molecule has 0 aliphatic rings. The molecule has 0 unspecified atom stereocenters. The molecule has 0 atom stereocenters. The van der Waals surface area contributed by atoms with Gasteiger partial charge in [0, 0.05) is 33.9 Å². The highest BCUT2D eigenvalue weighted by molar-refractivity contribution is 14.1. The minimum absolute atomic E-state index is 0.165. The molecule has 3 aromatic rings. The zero-order valence-corrected chi connectivity index (χ0v) is 16.8. The quantitative estimate of drug-likeness (QED) is 0.557. The van der Waals surface area contributed by atoms with Gasteiger partial charge >= 0.3 is 0 Å². The second kappa shape index (κ2) is 8.81. The lowest BCUT2D eigenvalue weighted by Crippen LogP contribution is -2.30. The Labute approximate surface area is 170 Å². The molecule has 1 heterocycles. The smallest absolute Gasteiger partial charge is 0.253 e. The summed E-state index contributed by atoms with van der Waals surface area (Å²) in [5.74, 6) is 0.582. The molecule has 3 rings (SSSR count). The Morgan fingerprint density at radius 3 is 2.48 bits per heavy atom. The normalized spacial score (nSPS) is 10.4. The van der Waals surface area contributed by atoms with Gasteiger partial charge in [0.15, 0.2) is 0 Å². The average Bonchev–Trinajstić information content (AvgIpc) is 2.69. The van der Waals surface area contributed by atoms with Gasteiger partial charge < -0.3 is 10.1 Å². The Hall–Kier alpha value is -2.68. The summed E-state index contributed by atoms with van der Waals surface area (Å²) in [4.78, 5) is 28.7. The van der Waals surface area contributed by atoms with Crippen molar-refractivity contribution in [3.8, 4) is 17.0 Å². The van der Waals surface area contributed by atoms with Crippen molar-refractivity contribution in [2.45, 2.75) is 6.54 Å². The van der Waals surface area contributed by atoms with Crippen LogP contribution in [-0.2, 0) is 6.54 Å². The summed E-state index contributed by atoms with van der Waals surface area (Å²) >= 11 is 2.19. The van der Waals surface area contributed by atoms with Gasteiger partial charge in [-0.1, -0.05) is 0 Å². The van der Waals surface area contributed by atoms with Gasteiger partial charge in [0.25, 0.3) is 11.5 Å². The van der Waals surface area contributed by atoms with Crippen LogP contribution in [0.2, 0.25) is 0 Å². The number of hydrogen-bond acceptors (Lipinski definition) is 4. The Morgan fingerprint density at radius 2 is 1.85 bits per heavy atom. The van der Waals surface area contributed by atoms with Crippen LogP contribution >= 0.6 is 22.6 Å². The SMILES string of the molecule is COc1ccc(-c2cc(=O)n(CCNC(=O)c3ccc(I)cc3)cn2)cc1. The number of benzene rings is 2. The number of nitrogens with one attached hydrogen (secondary N) is 1. The van der Waals surface area contributed by atoms with Gasteiger partial charge in [-0.05, 0) is 71.1 Å². The standard InChI is InChI=1S/C20H18IN3O3/c1-27-17-8-4-14(5-9-17)18-12-19(25)24(13-23-18)11-10-22-20(26)15-2-6-16(21)7-3-15/h2-9,12-13H,10-11H2,1H3,(H,22,26). The summed E-state index contributed by atoms with van der Waals surface area (Å²) in [6, 6.07) is 16.1. The molecular weight excluding hydrogens is 457 g/mol. The van der Waals surface area contributed by atoms with E-state index in [1.807, 2.05) is 36.4 Å². The molecule has 2 aromatic carbocycles. The molecule has 6 nitrogen and oxygen atoms in total. The summed E-state index contributed by atoms with van der Waals surface area (Å²) in [5, 5.41) is 2.81. The molecule has 7 heteroatoms. The first-order chi connectivity index (χ1) is 13.1. The Bertz CT molecular complexity index is 983. The molecule has 0 fully saturated rings. The lowest BCUT2D eigenvalue weighted by atomic mass is 10.1. The topological polar surface area (TPSA) is 73.2 Å². The van der Waals surface area contributed by atoms with E-state index < -0.39 is 0 Å². The van der Waals surface area contributed by atoms with Crippen molar-refractivity contribution in [2.24, 2.45) is 0 Å². The van der Waals surface area contributed by atoms with Crippen LogP contribution in [0.25, 0.3) is 11.3 Å². The fourth-order valence-corrected chi connectivity index (χ4v) is 2.87. The fraction of sp³-hybridized carbons (Fsp3) is 0.150. The number of nitrogens with zero attached hydrogens (tertiary/aromatic N) is 2. The van der Waals surface area contributed by atoms with E-state index in [-0.39, 0.29) is 11.5 Å². The number of methoxy groups -OCH3 is 1. The van der Waals surface area contributed by atoms with Crippen LogP contribution in [0.5, 0.6) is 5.75 Å². The maximum Gasteiger partial charge on any atom is 0.253 e. The first-order valence-electron chi connectivity index (χ1n) is 8.31. The summed E-state index contributed by atoms with van der Waals surface area (Å²) < 4.78 is 7.67. The van der Waals surface area contributed by atoms with Crippen LogP contribution in [0.3, 0.4) is 0 Å². The van der Waals surface area contributed by atoms with E-state index >= 15 is 0 Å². The van der Waals surface area contributed by atoms with E-state index in [1.165, 1.54) is 17.0 Å². The number of ether oxygens (including phenoxy) is 1. The van der Waals surface area contributed by atoms with Gasteiger partial charge in [-0.2, -0.15) is 0 Å². The monoisotopic (exact) mass is 475 g/mol. The van der Waals surface area contributed by atoms with Gasteiger partial charge in [-0.15, -0.1) is 0 Å². The van der Waals surface area contributed by atoms with E-state index in [2.05, 4.69) is 32.9 Å². The van der Waals surface area contributed by atoms with Crippen molar-refractivity contribution in [2.75, 3.05) is 13.7 Å². The predicted octanol–water partition coefficient (Wildman–Crippen LogP) is 2.95. The summed E-state index contributed by atoms with van der Waals surface area (Å²) in [6.45, 7) is 0.694. The Balaban J connectivity index is 1.61. The first-order valence-corrected chi connectivity index (χ1v) is 9.39. The number of amides is 1. The molecule has 27 heavy (non-hydrogen) atoms. The molecule has 0 radical (unpaired) electrons. The molecule has 1 aromatic heterocycles. The van der Waals surface area contributed by atoms with Crippen LogP contribution in [0.4, 0.5) is 0 Å². The van der Waals surface area contributed by atoms with Gasteiger partial charge in [-0.25, -0.2) is 4.98 Å².